The Balaban J connectivity index is 1.76. The number of carbonyl (C=O) groups excluding carboxylic acids is 1. The van der Waals surface area contributed by atoms with E-state index in [4.69, 9.17) is 4.42 Å². The van der Waals surface area contributed by atoms with Crippen LogP contribution in [0, 0.1) is 6.92 Å². The number of urea groups is 1. The van der Waals surface area contributed by atoms with Crippen molar-refractivity contribution >= 4 is 11.7 Å². The molecule has 0 bridgehead atoms. The Morgan fingerprint density at radius 1 is 1.00 bits per heavy atom. The summed E-state index contributed by atoms with van der Waals surface area (Å²) in [6.07, 6.45) is 1.62. The molecule has 3 aromatic rings. The van der Waals surface area contributed by atoms with Gasteiger partial charge in [0.1, 0.15) is 5.76 Å². The summed E-state index contributed by atoms with van der Waals surface area (Å²) < 4.78 is 5.40. The van der Waals surface area contributed by atoms with Crippen LogP contribution in [0.2, 0.25) is 0 Å². The number of aryl methyl sites for hydroxylation is 1. The Kier molecular flexibility index (Phi) is 4.96. The second kappa shape index (κ2) is 7.51. The van der Waals surface area contributed by atoms with E-state index >= 15 is 0 Å². The zero-order valence-corrected chi connectivity index (χ0v) is 13.6. The Bertz CT molecular complexity index is 782. The van der Waals surface area contributed by atoms with Gasteiger partial charge in [0.05, 0.1) is 12.8 Å². The summed E-state index contributed by atoms with van der Waals surface area (Å²) in [5.41, 5.74) is 2.97. The quantitative estimate of drug-likeness (QED) is 0.732. The molecule has 0 saturated carbocycles. The molecule has 0 aliphatic rings. The van der Waals surface area contributed by atoms with Gasteiger partial charge in [-0.15, -0.1) is 0 Å². The number of nitrogens with zero attached hydrogens (tertiary/aromatic N) is 1. The molecule has 0 unspecified atom stereocenters. The van der Waals surface area contributed by atoms with Crippen LogP contribution in [0.1, 0.15) is 16.9 Å². The first kappa shape index (κ1) is 15.9. The first-order valence-corrected chi connectivity index (χ1v) is 7.89. The first-order chi connectivity index (χ1) is 11.7. The number of hydrogen-bond acceptors (Lipinski definition) is 2. The van der Waals surface area contributed by atoms with Crippen molar-refractivity contribution in [2.24, 2.45) is 0 Å². The molecule has 0 aliphatic carbocycles. The van der Waals surface area contributed by atoms with E-state index in [9.17, 15) is 4.79 Å². The van der Waals surface area contributed by atoms with Crippen molar-refractivity contribution in [2.75, 3.05) is 5.32 Å². The SMILES string of the molecule is Cc1cccc(NC(=O)N(Cc2ccccc2)Cc2ccco2)c1. The van der Waals surface area contributed by atoms with E-state index in [-0.39, 0.29) is 6.03 Å². The van der Waals surface area contributed by atoms with Crippen LogP contribution in [0.3, 0.4) is 0 Å². The molecule has 0 aliphatic heterocycles. The predicted molar refractivity (Wildman–Crippen MR) is 94.6 cm³/mol. The maximum Gasteiger partial charge on any atom is 0.322 e. The molecule has 2 aromatic carbocycles. The number of hydrogen-bond donors (Lipinski definition) is 1. The number of amides is 2. The molecule has 24 heavy (non-hydrogen) atoms. The number of benzene rings is 2. The summed E-state index contributed by atoms with van der Waals surface area (Å²) in [7, 11) is 0. The van der Waals surface area contributed by atoms with Crippen LogP contribution in [-0.4, -0.2) is 10.9 Å². The minimum absolute atomic E-state index is 0.152. The third-order valence-corrected chi connectivity index (χ3v) is 3.70. The largest absolute Gasteiger partial charge is 0.467 e. The molecule has 1 heterocycles. The molecular formula is C20H20N2O2. The van der Waals surface area contributed by atoms with Gasteiger partial charge in [0, 0.05) is 12.2 Å². The van der Waals surface area contributed by atoms with Gasteiger partial charge in [0.15, 0.2) is 0 Å². The summed E-state index contributed by atoms with van der Waals surface area (Å²) in [5.74, 6) is 0.755. The lowest BCUT2D eigenvalue weighted by molar-refractivity contribution is 0.201. The second-order valence-electron chi connectivity index (χ2n) is 5.72. The molecular weight excluding hydrogens is 300 g/mol. The standard InChI is InChI=1S/C20H20N2O2/c1-16-7-5-10-18(13-16)21-20(23)22(15-19-11-6-12-24-19)14-17-8-3-2-4-9-17/h2-13H,14-15H2,1H3,(H,21,23). The summed E-state index contributed by atoms with van der Waals surface area (Å²) >= 11 is 0. The average Bonchev–Trinajstić information content (AvgIpc) is 3.08. The number of rotatable bonds is 5. The van der Waals surface area contributed by atoms with Gasteiger partial charge in [-0.2, -0.15) is 0 Å². The lowest BCUT2D eigenvalue weighted by Crippen LogP contribution is -2.34. The van der Waals surface area contributed by atoms with Crippen molar-refractivity contribution in [3.05, 3.63) is 89.9 Å². The Morgan fingerprint density at radius 2 is 1.83 bits per heavy atom. The van der Waals surface area contributed by atoms with Crippen LogP contribution in [0.5, 0.6) is 0 Å². The minimum Gasteiger partial charge on any atom is -0.467 e. The molecule has 1 N–H and O–H groups in total. The average molecular weight is 320 g/mol. The van der Waals surface area contributed by atoms with Gasteiger partial charge in [-0.05, 0) is 42.3 Å². The van der Waals surface area contributed by atoms with Gasteiger partial charge >= 0.3 is 6.03 Å². The van der Waals surface area contributed by atoms with E-state index < -0.39 is 0 Å². The van der Waals surface area contributed by atoms with Gasteiger partial charge in [-0.25, -0.2) is 4.79 Å². The van der Waals surface area contributed by atoms with E-state index in [0.717, 1.165) is 22.6 Å². The number of nitrogens with one attached hydrogen (secondary N) is 1. The molecule has 4 heteroatoms. The molecule has 3 rings (SSSR count). The number of furan rings is 1. The van der Waals surface area contributed by atoms with Crippen LogP contribution in [0.25, 0.3) is 0 Å². The molecule has 2 amide bonds. The van der Waals surface area contributed by atoms with Crippen molar-refractivity contribution in [3.8, 4) is 0 Å². The fourth-order valence-corrected chi connectivity index (χ4v) is 2.52. The van der Waals surface area contributed by atoms with Crippen molar-refractivity contribution in [1.29, 1.82) is 0 Å². The minimum atomic E-state index is -0.152. The van der Waals surface area contributed by atoms with Crippen LogP contribution >= 0.6 is 0 Å². The van der Waals surface area contributed by atoms with Crippen LogP contribution in [0.15, 0.2) is 77.4 Å². The third kappa shape index (κ3) is 4.26. The van der Waals surface area contributed by atoms with Gasteiger partial charge in [0.2, 0.25) is 0 Å². The Hall–Kier alpha value is -3.01. The zero-order chi connectivity index (χ0) is 16.8. The molecule has 0 fully saturated rings. The van der Waals surface area contributed by atoms with E-state index in [2.05, 4.69) is 5.32 Å². The van der Waals surface area contributed by atoms with E-state index in [1.54, 1.807) is 11.2 Å². The van der Waals surface area contributed by atoms with Crippen molar-refractivity contribution in [1.82, 2.24) is 4.90 Å². The van der Waals surface area contributed by atoms with Gasteiger partial charge < -0.3 is 14.6 Å². The van der Waals surface area contributed by atoms with E-state index in [1.165, 1.54) is 0 Å². The van der Waals surface area contributed by atoms with Gasteiger partial charge in [-0.3, -0.25) is 0 Å². The van der Waals surface area contributed by atoms with Crippen LogP contribution < -0.4 is 5.32 Å². The topological polar surface area (TPSA) is 45.5 Å². The lowest BCUT2D eigenvalue weighted by atomic mass is 10.2. The highest BCUT2D eigenvalue weighted by atomic mass is 16.3. The molecule has 4 nitrogen and oxygen atoms in total. The third-order valence-electron chi connectivity index (χ3n) is 3.70. The fourth-order valence-electron chi connectivity index (χ4n) is 2.52. The smallest absolute Gasteiger partial charge is 0.322 e. The summed E-state index contributed by atoms with van der Waals surface area (Å²) in [6, 6.07) is 21.2. The molecule has 0 saturated heterocycles. The molecule has 0 spiro atoms. The van der Waals surface area contributed by atoms with Crippen molar-refractivity contribution in [3.63, 3.8) is 0 Å². The van der Waals surface area contributed by atoms with Gasteiger partial charge in [0.25, 0.3) is 0 Å². The lowest BCUT2D eigenvalue weighted by Gasteiger charge is -2.22. The number of anilines is 1. The highest BCUT2D eigenvalue weighted by Crippen LogP contribution is 2.15. The van der Waals surface area contributed by atoms with Crippen LogP contribution in [-0.2, 0) is 13.1 Å². The molecule has 0 radical (unpaired) electrons. The fraction of sp³-hybridized carbons (Fsp3) is 0.150. The molecule has 0 atom stereocenters. The molecule has 122 valence electrons. The highest BCUT2D eigenvalue weighted by Gasteiger charge is 2.16. The second-order valence-corrected chi connectivity index (χ2v) is 5.72. The van der Waals surface area contributed by atoms with Crippen molar-refractivity contribution in [2.45, 2.75) is 20.0 Å². The maximum absolute atomic E-state index is 12.7. The summed E-state index contributed by atoms with van der Waals surface area (Å²) in [4.78, 5) is 14.5. The van der Waals surface area contributed by atoms with Crippen LogP contribution in [0.4, 0.5) is 10.5 Å². The van der Waals surface area contributed by atoms with E-state index in [0.29, 0.717) is 13.1 Å². The monoisotopic (exact) mass is 320 g/mol. The van der Waals surface area contributed by atoms with E-state index in [1.807, 2.05) is 73.7 Å². The highest BCUT2D eigenvalue weighted by molar-refractivity contribution is 5.89. The Labute approximate surface area is 141 Å². The number of carbonyl (C=O) groups is 1. The summed E-state index contributed by atoms with van der Waals surface area (Å²) in [5, 5.41) is 2.96. The normalized spacial score (nSPS) is 10.4. The zero-order valence-electron chi connectivity index (χ0n) is 13.6. The maximum atomic E-state index is 12.7. The Morgan fingerprint density at radius 3 is 2.54 bits per heavy atom. The molecule has 1 aromatic heterocycles. The van der Waals surface area contributed by atoms with Gasteiger partial charge in [-0.1, -0.05) is 42.5 Å². The predicted octanol–water partition coefficient (Wildman–Crippen LogP) is 4.82. The van der Waals surface area contributed by atoms with Crippen molar-refractivity contribution < 1.29 is 9.21 Å². The first-order valence-electron chi connectivity index (χ1n) is 7.89. The summed E-state index contributed by atoms with van der Waals surface area (Å²) in [6.45, 7) is 2.93.